The highest BCUT2D eigenvalue weighted by Crippen LogP contribution is 2.38. The lowest BCUT2D eigenvalue weighted by atomic mass is 10.0. The maximum absolute atomic E-state index is 14.6. The van der Waals surface area contributed by atoms with Gasteiger partial charge in [0.25, 0.3) is 0 Å². The molecule has 158 valence electrons. The van der Waals surface area contributed by atoms with Gasteiger partial charge in [0.1, 0.15) is 18.1 Å². The summed E-state index contributed by atoms with van der Waals surface area (Å²) >= 11 is 0. The highest BCUT2D eigenvalue weighted by atomic mass is 19.2. The van der Waals surface area contributed by atoms with E-state index in [4.69, 9.17) is 9.84 Å². The van der Waals surface area contributed by atoms with E-state index in [2.05, 4.69) is 20.3 Å². The van der Waals surface area contributed by atoms with Gasteiger partial charge in [0.15, 0.2) is 11.6 Å². The lowest BCUT2D eigenvalue weighted by molar-refractivity contribution is 0.196. The molecule has 0 fully saturated rings. The fraction of sp³-hybridized carbons (Fsp3) is 0.190. The lowest BCUT2D eigenvalue weighted by Crippen LogP contribution is -2.03. The lowest BCUT2D eigenvalue weighted by Gasteiger charge is -2.10. The van der Waals surface area contributed by atoms with Gasteiger partial charge in [0.05, 0.1) is 29.5 Å². The summed E-state index contributed by atoms with van der Waals surface area (Å²) in [5.74, 6) is -2.61. The molecule has 0 bridgehead atoms. The quantitative estimate of drug-likeness (QED) is 0.475. The second-order valence-corrected chi connectivity index (χ2v) is 6.94. The third kappa shape index (κ3) is 3.34. The molecule has 2 aromatic heterocycles. The largest absolute Gasteiger partial charge is 0.474 e. The Morgan fingerprint density at radius 1 is 1.10 bits per heavy atom. The first-order valence-corrected chi connectivity index (χ1v) is 9.55. The van der Waals surface area contributed by atoms with Crippen molar-refractivity contribution in [2.75, 3.05) is 25.1 Å². The van der Waals surface area contributed by atoms with Crippen LogP contribution in [-0.2, 0) is 6.54 Å². The zero-order valence-electron chi connectivity index (χ0n) is 16.1. The van der Waals surface area contributed by atoms with Crippen molar-refractivity contribution in [2.24, 2.45) is 0 Å². The van der Waals surface area contributed by atoms with Crippen molar-refractivity contribution >= 4 is 17.0 Å². The molecule has 1 aliphatic heterocycles. The second kappa shape index (κ2) is 7.55. The number of imidazole rings is 1. The van der Waals surface area contributed by atoms with Crippen LogP contribution < -0.4 is 10.1 Å². The molecule has 5 rings (SSSR count). The molecule has 2 N–H and O–H groups in total. The number of anilines is 1. The molecule has 2 aromatic carbocycles. The van der Waals surface area contributed by atoms with E-state index in [9.17, 15) is 13.2 Å². The molecule has 0 atom stereocenters. The highest BCUT2D eigenvalue weighted by molar-refractivity contribution is 5.87. The predicted molar refractivity (Wildman–Crippen MR) is 107 cm³/mol. The Morgan fingerprint density at radius 3 is 2.81 bits per heavy atom. The number of nitrogens with one attached hydrogen (secondary N) is 1. The number of nitrogens with zero attached hydrogens (tertiary/aromatic N) is 4. The van der Waals surface area contributed by atoms with Gasteiger partial charge >= 0.3 is 0 Å². The molecule has 31 heavy (non-hydrogen) atoms. The summed E-state index contributed by atoms with van der Waals surface area (Å²) in [5, 5.41) is 12.0. The molecular formula is C21H16F3N5O2. The average molecular weight is 427 g/mol. The van der Waals surface area contributed by atoms with E-state index >= 15 is 0 Å². The van der Waals surface area contributed by atoms with Crippen LogP contribution in [0.4, 0.5) is 19.1 Å². The zero-order valence-corrected chi connectivity index (χ0v) is 16.1. The molecule has 0 saturated heterocycles. The summed E-state index contributed by atoms with van der Waals surface area (Å²) in [5.41, 5.74) is 2.10. The zero-order chi connectivity index (χ0) is 21.5. The fourth-order valence-electron chi connectivity index (χ4n) is 3.66. The molecule has 0 aliphatic carbocycles. The van der Waals surface area contributed by atoms with Crippen molar-refractivity contribution in [3.63, 3.8) is 0 Å². The molecule has 3 heterocycles. The van der Waals surface area contributed by atoms with Crippen LogP contribution in [0.1, 0.15) is 0 Å². The van der Waals surface area contributed by atoms with Crippen molar-refractivity contribution in [1.29, 1.82) is 0 Å². The highest BCUT2D eigenvalue weighted by Gasteiger charge is 2.26. The number of rotatable bonds is 5. The maximum atomic E-state index is 14.6. The van der Waals surface area contributed by atoms with E-state index in [1.54, 1.807) is 18.2 Å². The Kier molecular flexibility index (Phi) is 4.70. The molecule has 0 amide bonds. The van der Waals surface area contributed by atoms with Crippen molar-refractivity contribution in [2.45, 2.75) is 6.54 Å². The minimum Gasteiger partial charge on any atom is -0.474 e. The summed E-state index contributed by atoms with van der Waals surface area (Å²) in [7, 11) is 0. The number of fused-ring (bicyclic) bond motifs is 2. The summed E-state index contributed by atoms with van der Waals surface area (Å²) in [6.45, 7) is 1.10. The molecule has 10 heteroatoms. The monoisotopic (exact) mass is 427 g/mol. The average Bonchev–Trinajstić information content (AvgIpc) is 3.35. The van der Waals surface area contributed by atoms with Crippen molar-refractivity contribution < 1.29 is 23.0 Å². The summed E-state index contributed by atoms with van der Waals surface area (Å²) < 4.78 is 49.5. The van der Waals surface area contributed by atoms with Crippen LogP contribution in [0, 0.1) is 17.5 Å². The Labute approximate surface area is 174 Å². The van der Waals surface area contributed by atoms with Crippen LogP contribution in [0.25, 0.3) is 33.5 Å². The number of aliphatic hydroxyl groups excluding tert-OH is 1. The van der Waals surface area contributed by atoms with Gasteiger partial charge in [-0.25, -0.2) is 28.1 Å². The SMILES string of the molecule is OCCOc1cnc2ccc(-c3c(-c4cc(F)cc(F)c4F)nc4n3CCN4)cc2n1. The van der Waals surface area contributed by atoms with Crippen LogP contribution in [0.2, 0.25) is 0 Å². The van der Waals surface area contributed by atoms with E-state index in [-0.39, 0.29) is 30.4 Å². The third-order valence-electron chi connectivity index (χ3n) is 4.97. The van der Waals surface area contributed by atoms with Gasteiger partial charge < -0.3 is 19.7 Å². The van der Waals surface area contributed by atoms with Gasteiger partial charge in [0, 0.05) is 30.3 Å². The minimum atomic E-state index is -1.28. The van der Waals surface area contributed by atoms with E-state index < -0.39 is 17.5 Å². The number of benzene rings is 2. The molecule has 4 aromatic rings. The van der Waals surface area contributed by atoms with Gasteiger partial charge in [-0.05, 0) is 18.2 Å². The standard InChI is InChI=1S/C21H16F3N5O2/c22-12-8-13(18(24)14(23)9-12)19-20(29-4-3-25-21(29)28-19)11-1-2-15-16(7-11)27-17(10-26-15)31-6-5-30/h1-2,7-10,30H,3-6H2,(H,25,28). The second-order valence-electron chi connectivity index (χ2n) is 6.94. The van der Waals surface area contributed by atoms with E-state index in [1.165, 1.54) is 6.20 Å². The van der Waals surface area contributed by atoms with Crippen LogP contribution in [0.3, 0.4) is 0 Å². The predicted octanol–water partition coefficient (Wildman–Crippen LogP) is 3.37. The van der Waals surface area contributed by atoms with E-state index in [0.29, 0.717) is 47.4 Å². The Bertz CT molecular complexity index is 1310. The van der Waals surface area contributed by atoms with Crippen LogP contribution in [0.5, 0.6) is 5.88 Å². The topological polar surface area (TPSA) is 85.1 Å². The molecule has 1 aliphatic rings. The number of aromatic nitrogens is 4. The van der Waals surface area contributed by atoms with Crippen molar-refractivity contribution in [1.82, 2.24) is 19.5 Å². The Hall–Kier alpha value is -3.66. The van der Waals surface area contributed by atoms with Crippen LogP contribution in [-0.4, -0.2) is 44.4 Å². The number of ether oxygens (including phenoxy) is 1. The number of hydrogen-bond donors (Lipinski definition) is 2. The third-order valence-corrected chi connectivity index (χ3v) is 4.97. The minimum absolute atomic E-state index is 0.0796. The van der Waals surface area contributed by atoms with Crippen LogP contribution in [0.15, 0.2) is 36.5 Å². The van der Waals surface area contributed by atoms with Gasteiger partial charge in [-0.15, -0.1) is 0 Å². The molecular weight excluding hydrogens is 411 g/mol. The number of aliphatic hydroxyl groups is 1. The first-order valence-electron chi connectivity index (χ1n) is 9.55. The molecule has 0 unspecified atom stereocenters. The summed E-state index contributed by atoms with van der Waals surface area (Å²) in [4.78, 5) is 13.1. The molecule has 0 spiro atoms. The molecule has 7 nitrogen and oxygen atoms in total. The van der Waals surface area contributed by atoms with E-state index in [1.807, 2.05) is 4.57 Å². The van der Waals surface area contributed by atoms with Crippen LogP contribution >= 0.6 is 0 Å². The summed E-state index contributed by atoms with van der Waals surface area (Å²) in [6, 6.07) is 6.67. The number of halogens is 3. The summed E-state index contributed by atoms with van der Waals surface area (Å²) in [6.07, 6.45) is 1.45. The first kappa shape index (κ1) is 19.3. The van der Waals surface area contributed by atoms with Gasteiger partial charge in [0.2, 0.25) is 11.8 Å². The number of hydrogen-bond acceptors (Lipinski definition) is 6. The van der Waals surface area contributed by atoms with Gasteiger partial charge in [-0.3, -0.25) is 0 Å². The fourth-order valence-corrected chi connectivity index (χ4v) is 3.66. The van der Waals surface area contributed by atoms with Gasteiger partial charge in [-0.2, -0.15) is 0 Å². The van der Waals surface area contributed by atoms with E-state index in [0.717, 1.165) is 6.07 Å². The maximum Gasteiger partial charge on any atom is 0.232 e. The smallest absolute Gasteiger partial charge is 0.232 e. The van der Waals surface area contributed by atoms with Crippen molar-refractivity contribution in [3.05, 3.63) is 54.0 Å². The molecule has 0 radical (unpaired) electrons. The van der Waals surface area contributed by atoms with Crippen molar-refractivity contribution in [3.8, 4) is 28.4 Å². The Balaban J connectivity index is 1.69. The Morgan fingerprint density at radius 2 is 1.97 bits per heavy atom. The van der Waals surface area contributed by atoms with Gasteiger partial charge in [-0.1, -0.05) is 6.07 Å². The molecule has 0 saturated carbocycles. The normalized spacial score (nSPS) is 12.8. The first-order chi connectivity index (χ1) is 15.0.